The Morgan fingerprint density at radius 2 is 1.95 bits per heavy atom. The first-order valence-electron chi connectivity index (χ1n) is 6.79. The fourth-order valence-electron chi connectivity index (χ4n) is 1.69. The number of benzene rings is 1. The minimum Gasteiger partial charge on any atom is -0.385 e. The van der Waals surface area contributed by atoms with Crippen LogP contribution in [0.15, 0.2) is 24.3 Å². The van der Waals surface area contributed by atoms with Gasteiger partial charge >= 0.3 is 6.03 Å². The molecule has 0 aliphatic carbocycles. The summed E-state index contributed by atoms with van der Waals surface area (Å²) in [6, 6.07) is 7.29. The van der Waals surface area contributed by atoms with Crippen LogP contribution in [-0.2, 0) is 11.3 Å². The second-order valence-electron chi connectivity index (χ2n) is 5.62. The predicted molar refractivity (Wildman–Crippen MR) is 81.6 cm³/mol. The van der Waals surface area contributed by atoms with Crippen LogP contribution in [0.25, 0.3) is 0 Å². The lowest BCUT2D eigenvalue weighted by Crippen LogP contribution is -2.37. The van der Waals surface area contributed by atoms with E-state index < -0.39 is 0 Å². The molecule has 0 heterocycles. The number of nitrogens with one attached hydrogen (secondary N) is 2. The van der Waals surface area contributed by atoms with E-state index in [4.69, 9.17) is 10.5 Å². The van der Waals surface area contributed by atoms with Gasteiger partial charge in [0, 0.05) is 32.5 Å². The van der Waals surface area contributed by atoms with Gasteiger partial charge in [0.05, 0.1) is 0 Å². The SMILES string of the molecule is COCCC(C)(C)CNC(=O)Nc1ccc(CN)cc1. The van der Waals surface area contributed by atoms with E-state index in [2.05, 4.69) is 24.5 Å². The van der Waals surface area contributed by atoms with Gasteiger partial charge in [-0.2, -0.15) is 0 Å². The number of methoxy groups -OCH3 is 1. The summed E-state index contributed by atoms with van der Waals surface area (Å²) < 4.78 is 5.06. The molecule has 0 aliphatic rings. The number of amides is 2. The molecule has 0 aromatic heterocycles. The second kappa shape index (κ2) is 7.87. The molecule has 0 radical (unpaired) electrons. The zero-order chi connectivity index (χ0) is 15.0. The number of rotatable bonds is 7. The third-order valence-corrected chi connectivity index (χ3v) is 3.16. The Morgan fingerprint density at radius 1 is 1.30 bits per heavy atom. The van der Waals surface area contributed by atoms with Gasteiger partial charge in [-0.3, -0.25) is 0 Å². The van der Waals surface area contributed by atoms with Gasteiger partial charge in [0.2, 0.25) is 0 Å². The fraction of sp³-hybridized carbons (Fsp3) is 0.533. The smallest absolute Gasteiger partial charge is 0.319 e. The van der Waals surface area contributed by atoms with E-state index in [9.17, 15) is 4.79 Å². The molecule has 0 spiro atoms. The minimum absolute atomic E-state index is 0.0107. The first kappa shape index (κ1) is 16.5. The van der Waals surface area contributed by atoms with Crippen LogP contribution in [0.4, 0.5) is 10.5 Å². The summed E-state index contributed by atoms with van der Waals surface area (Å²) in [5.74, 6) is 0. The van der Waals surface area contributed by atoms with Crippen molar-refractivity contribution in [3.8, 4) is 0 Å². The largest absolute Gasteiger partial charge is 0.385 e. The van der Waals surface area contributed by atoms with E-state index in [1.807, 2.05) is 24.3 Å². The maximum Gasteiger partial charge on any atom is 0.319 e. The second-order valence-corrected chi connectivity index (χ2v) is 5.62. The average Bonchev–Trinajstić information content (AvgIpc) is 2.44. The Balaban J connectivity index is 2.39. The molecule has 2 amide bonds. The monoisotopic (exact) mass is 279 g/mol. The number of urea groups is 1. The Hall–Kier alpha value is -1.59. The molecule has 1 rings (SSSR count). The molecule has 5 heteroatoms. The van der Waals surface area contributed by atoms with Crippen LogP contribution in [0.5, 0.6) is 0 Å². The number of hydrogen-bond donors (Lipinski definition) is 3. The van der Waals surface area contributed by atoms with E-state index in [-0.39, 0.29) is 11.4 Å². The number of hydrogen-bond acceptors (Lipinski definition) is 3. The summed E-state index contributed by atoms with van der Waals surface area (Å²) in [5, 5.41) is 5.68. The van der Waals surface area contributed by atoms with Crippen LogP contribution < -0.4 is 16.4 Å². The molecule has 4 N–H and O–H groups in total. The Labute approximate surface area is 120 Å². The molecule has 1 aromatic carbocycles. The summed E-state index contributed by atoms with van der Waals surface area (Å²) >= 11 is 0. The topological polar surface area (TPSA) is 76.4 Å². The summed E-state index contributed by atoms with van der Waals surface area (Å²) in [6.07, 6.45) is 0.898. The maximum atomic E-state index is 11.8. The van der Waals surface area contributed by atoms with Gasteiger partial charge < -0.3 is 21.1 Å². The van der Waals surface area contributed by atoms with E-state index >= 15 is 0 Å². The summed E-state index contributed by atoms with van der Waals surface area (Å²) in [5.41, 5.74) is 7.33. The van der Waals surface area contributed by atoms with Gasteiger partial charge in [-0.05, 0) is 29.5 Å². The van der Waals surface area contributed by atoms with Gasteiger partial charge in [-0.25, -0.2) is 4.79 Å². The molecule has 0 saturated carbocycles. The van der Waals surface area contributed by atoms with Crippen molar-refractivity contribution in [1.29, 1.82) is 0 Å². The predicted octanol–water partition coefficient (Wildman–Crippen LogP) is 2.33. The van der Waals surface area contributed by atoms with Crippen molar-refractivity contribution in [2.75, 3.05) is 25.6 Å². The van der Waals surface area contributed by atoms with Gasteiger partial charge in [-0.1, -0.05) is 26.0 Å². The normalized spacial score (nSPS) is 11.2. The quantitative estimate of drug-likeness (QED) is 0.717. The molecular weight excluding hydrogens is 254 g/mol. The van der Waals surface area contributed by atoms with Crippen molar-refractivity contribution in [2.45, 2.75) is 26.8 Å². The van der Waals surface area contributed by atoms with Crippen LogP contribution in [0.2, 0.25) is 0 Å². The van der Waals surface area contributed by atoms with Crippen LogP contribution >= 0.6 is 0 Å². The molecule has 0 aliphatic heterocycles. The van der Waals surface area contributed by atoms with Crippen LogP contribution in [0, 0.1) is 5.41 Å². The third-order valence-electron chi connectivity index (χ3n) is 3.16. The molecule has 0 fully saturated rings. The van der Waals surface area contributed by atoms with Crippen LogP contribution in [0.1, 0.15) is 25.8 Å². The summed E-state index contributed by atoms with van der Waals surface area (Å²) in [4.78, 5) is 11.8. The molecule has 20 heavy (non-hydrogen) atoms. The molecule has 0 unspecified atom stereocenters. The van der Waals surface area contributed by atoms with Gasteiger partial charge in [0.15, 0.2) is 0 Å². The minimum atomic E-state index is -0.198. The lowest BCUT2D eigenvalue weighted by atomic mass is 9.90. The van der Waals surface area contributed by atoms with Crippen molar-refractivity contribution >= 4 is 11.7 Å². The molecule has 112 valence electrons. The molecular formula is C15H25N3O2. The first-order chi connectivity index (χ1) is 9.46. The van der Waals surface area contributed by atoms with E-state index in [1.165, 1.54) is 0 Å². The lowest BCUT2D eigenvalue weighted by Gasteiger charge is -2.24. The zero-order valence-electron chi connectivity index (χ0n) is 12.5. The molecule has 0 atom stereocenters. The molecule has 0 saturated heterocycles. The van der Waals surface area contributed by atoms with Crippen molar-refractivity contribution < 1.29 is 9.53 Å². The molecule has 0 bridgehead atoms. The van der Waals surface area contributed by atoms with Crippen LogP contribution in [0.3, 0.4) is 0 Å². The third kappa shape index (κ3) is 6.04. The number of anilines is 1. The van der Waals surface area contributed by atoms with Gasteiger partial charge in [0.25, 0.3) is 0 Å². The van der Waals surface area contributed by atoms with Crippen molar-refractivity contribution in [3.05, 3.63) is 29.8 Å². The lowest BCUT2D eigenvalue weighted by molar-refractivity contribution is 0.151. The van der Waals surface area contributed by atoms with E-state index in [0.29, 0.717) is 19.7 Å². The highest BCUT2D eigenvalue weighted by Crippen LogP contribution is 2.18. The Bertz CT molecular complexity index is 416. The van der Waals surface area contributed by atoms with Crippen molar-refractivity contribution in [3.63, 3.8) is 0 Å². The fourth-order valence-corrected chi connectivity index (χ4v) is 1.69. The Morgan fingerprint density at radius 3 is 2.50 bits per heavy atom. The first-order valence-corrected chi connectivity index (χ1v) is 6.79. The average molecular weight is 279 g/mol. The van der Waals surface area contributed by atoms with Crippen LogP contribution in [-0.4, -0.2) is 26.3 Å². The van der Waals surface area contributed by atoms with E-state index in [1.54, 1.807) is 7.11 Å². The highest BCUT2D eigenvalue weighted by Gasteiger charge is 2.18. The van der Waals surface area contributed by atoms with E-state index in [0.717, 1.165) is 17.7 Å². The number of carbonyl (C=O) groups excluding carboxylic acids is 1. The number of ether oxygens (including phenoxy) is 1. The Kier molecular flexibility index (Phi) is 6.48. The number of nitrogens with two attached hydrogens (primary N) is 1. The molecule has 1 aromatic rings. The van der Waals surface area contributed by atoms with Gasteiger partial charge in [-0.15, -0.1) is 0 Å². The van der Waals surface area contributed by atoms with Crippen molar-refractivity contribution in [2.24, 2.45) is 11.1 Å². The van der Waals surface area contributed by atoms with Crippen molar-refractivity contribution in [1.82, 2.24) is 5.32 Å². The van der Waals surface area contributed by atoms with Gasteiger partial charge in [0.1, 0.15) is 0 Å². The number of carbonyl (C=O) groups is 1. The summed E-state index contributed by atoms with van der Waals surface area (Å²) in [7, 11) is 1.68. The summed E-state index contributed by atoms with van der Waals surface area (Å²) in [6.45, 7) is 5.99. The highest BCUT2D eigenvalue weighted by molar-refractivity contribution is 5.89. The highest BCUT2D eigenvalue weighted by atomic mass is 16.5. The molecule has 5 nitrogen and oxygen atoms in total. The standard InChI is InChI=1S/C15H25N3O2/c1-15(2,8-9-20-3)11-17-14(19)18-13-6-4-12(10-16)5-7-13/h4-7H,8-11,16H2,1-3H3,(H2,17,18,19). The zero-order valence-corrected chi connectivity index (χ0v) is 12.5. The maximum absolute atomic E-state index is 11.8.